The first-order valence-electron chi connectivity index (χ1n) is 11.6. The number of para-hydroxylation sites is 2. The predicted molar refractivity (Wildman–Crippen MR) is 125 cm³/mol. The third-order valence-corrected chi connectivity index (χ3v) is 7.25. The topological polar surface area (TPSA) is 65.0 Å². The van der Waals surface area contributed by atoms with Crippen molar-refractivity contribution in [1.29, 1.82) is 0 Å². The van der Waals surface area contributed by atoms with Crippen molar-refractivity contribution in [3.63, 3.8) is 0 Å². The maximum absolute atomic E-state index is 11.5. The van der Waals surface area contributed by atoms with Gasteiger partial charge in [0, 0.05) is 31.3 Å². The molecule has 3 unspecified atom stereocenters. The number of nitrogens with one attached hydrogen (secondary N) is 1. The second-order valence-corrected chi connectivity index (χ2v) is 9.41. The quantitative estimate of drug-likeness (QED) is 0.569. The molecule has 0 radical (unpaired) electrons. The van der Waals surface area contributed by atoms with E-state index in [1.807, 2.05) is 36.7 Å². The van der Waals surface area contributed by atoms with Crippen LogP contribution in [0, 0.1) is 11.8 Å². The molecule has 5 heteroatoms. The molecule has 1 fully saturated rings. The van der Waals surface area contributed by atoms with E-state index < -0.39 is 5.60 Å². The summed E-state index contributed by atoms with van der Waals surface area (Å²) in [5.74, 6) is 1.78. The maximum atomic E-state index is 11.5. The molecule has 3 aliphatic carbocycles. The highest BCUT2D eigenvalue weighted by molar-refractivity contribution is 5.74. The zero-order valence-electron chi connectivity index (χ0n) is 18.3. The van der Waals surface area contributed by atoms with E-state index in [0.29, 0.717) is 5.92 Å². The number of allylic oxidation sites excluding steroid dienone is 1. The molecule has 3 atom stereocenters. The number of pyridine rings is 1. The van der Waals surface area contributed by atoms with Gasteiger partial charge in [0.25, 0.3) is 0 Å². The molecular formula is C26H32N4O. The van der Waals surface area contributed by atoms with Gasteiger partial charge < -0.3 is 15.0 Å². The average molecular weight is 417 g/mol. The summed E-state index contributed by atoms with van der Waals surface area (Å²) >= 11 is 0. The number of aromatic amines is 1. The fourth-order valence-electron chi connectivity index (χ4n) is 5.48. The van der Waals surface area contributed by atoms with E-state index >= 15 is 0 Å². The Hall–Kier alpha value is -2.50. The zero-order valence-corrected chi connectivity index (χ0v) is 18.3. The summed E-state index contributed by atoms with van der Waals surface area (Å²) in [6.07, 6.45) is 12.1. The van der Waals surface area contributed by atoms with E-state index in [4.69, 9.17) is 0 Å². The number of hydrogen-bond acceptors (Lipinski definition) is 4. The Morgan fingerprint density at radius 1 is 1.16 bits per heavy atom. The van der Waals surface area contributed by atoms with Gasteiger partial charge in [-0.2, -0.15) is 0 Å². The normalized spacial score (nSPS) is 25.3. The van der Waals surface area contributed by atoms with Crippen LogP contribution < -0.4 is 0 Å². The molecule has 31 heavy (non-hydrogen) atoms. The lowest BCUT2D eigenvalue weighted by Gasteiger charge is -2.48. The van der Waals surface area contributed by atoms with Gasteiger partial charge in [0.05, 0.1) is 16.6 Å². The Morgan fingerprint density at radius 3 is 2.84 bits per heavy atom. The van der Waals surface area contributed by atoms with Crippen molar-refractivity contribution in [3.8, 4) is 0 Å². The molecule has 0 aliphatic heterocycles. The minimum absolute atomic E-state index is 0.261. The fourth-order valence-corrected chi connectivity index (χ4v) is 5.48. The number of rotatable bonds is 8. The number of nitrogens with zero attached hydrogens (tertiary/aromatic N) is 3. The van der Waals surface area contributed by atoms with Crippen molar-refractivity contribution in [2.75, 3.05) is 20.1 Å². The van der Waals surface area contributed by atoms with E-state index in [2.05, 4.69) is 45.1 Å². The van der Waals surface area contributed by atoms with Crippen molar-refractivity contribution in [2.24, 2.45) is 11.8 Å². The lowest BCUT2D eigenvalue weighted by atomic mass is 9.61. The van der Waals surface area contributed by atoms with Gasteiger partial charge in [0.2, 0.25) is 0 Å². The monoisotopic (exact) mass is 416 g/mol. The standard InChI is InChI=1S/C26H32N4O/c1-30(14-5-9-25-28-23-7-2-3-8-24(23)29-25)15-12-26(31)17-19-10-11-21(26)16-22(19)20-6-4-13-27-18-20/h2-4,6-8,13,16,18-19,21,31H,5,9-12,14-15,17H2,1H3,(H,28,29). The molecule has 1 saturated carbocycles. The molecule has 2 aromatic heterocycles. The summed E-state index contributed by atoms with van der Waals surface area (Å²) < 4.78 is 0. The molecule has 1 aromatic carbocycles. The molecule has 3 aromatic rings. The Balaban J connectivity index is 1.13. The summed E-state index contributed by atoms with van der Waals surface area (Å²) in [7, 11) is 2.17. The van der Waals surface area contributed by atoms with Gasteiger partial charge in [-0.3, -0.25) is 4.98 Å². The average Bonchev–Trinajstić information content (AvgIpc) is 3.21. The highest BCUT2D eigenvalue weighted by atomic mass is 16.3. The molecule has 0 amide bonds. The molecule has 3 aliphatic rings. The zero-order chi connectivity index (χ0) is 21.3. The molecule has 0 saturated heterocycles. The van der Waals surface area contributed by atoms with Crippen LogP contribution in [0.15, 0.2) is 54.9 Å². The molecule has 2 N–H and O–H groups in total. The van der Waals surface area contributed by atoms with Crippen molar-refractivity contribution in [3.05, 3.63) is 66.3 Å². The minimum atomic E-state index is -0.568. The van der Waals surface area contributed by atoms with Crippen LogP contribution in [0.25, 0.3) is 16.6 Å². The minimum Gasteiger partial charge on any atom is -0.389 e. The SMILES string of the molecule is CN(CCCc1nc2ccccc2[nH]1)CCC1(O)CC2CCC1C=C2c1cccnc1. The van der Waals surface area contributed by atoms with Crippen LogP contribution in [0.2, 0.25) is 0 Å². The van der Waals surface area contributed by atoms with Crippen LogP contribution in [0.5, 0.6) is 0 Å². The van der Waals surface area contributed by atoms with E-state index in [0.717, 1.165) is 62.1 Å². The molecule has 0 spiro atoms. The fraction of sp³-hybridized carbons (Fsp3) is 0.462. The van der Waals surface area contributed by atoms with Crippen LogP contribution >= 0.6 is 0 Å². The van der Waals surface area contributed by atoms with Gasteiger partial charge >= 0.3 is 0 Å². The van der Waals surface area contributed by atoms with Crippen molar-refractivity contribution in [1.82, 2.24) is 19.9 Å². The number of imidazole rings is 1. The van der Waals surface area contributed by atoms with E-state index in [1.54, 1.807) is 0 Å². The van der Waals surface area contributed by atoms with Gasteiger partial charge in [-0.25, -0.2) is 4.98 Å². The second-order valence-electron chi connectivity index (χ2n) is 9.41. The van der Waals surface area contributed by atoms with Crippen LogP contribution in [-0.4, -0.2) is 50.7 Å². The molecule has 6 rings (SSSR count). The number of H-pyrrole nitrogens is 1. The predicted octanol–water partition coefficient (Wildman–Crippen LogP) is 4.46. The summed E-state index contributed by atoms with van der Waals surface area (Å²) in [4.78, 5) is 14.7. The van der Waals surface area contributed by atoms with Crippen LogP contribution in [0.1, 0.15) is 43.5 Å². The Kier molecular flexibility index (Phi) is 5.63. The van der Waals surface area contributed by atoms with Gasteiger partial charge in [-0.1, -0.05) is 24.3 Å². The van der Waals surface area contributed by atoms with Gasteiger partial charge in [0.15, 0.2) is 0 Å². The number of benzene rings is 1. The summed E-state index contributed by atoms with van der Waals surface area (Å²) in [6, 6.07) is 12.3. The Labute approximate surface area is 184 Å². The van der Waals surface area contributed by atoms with Crippen molar-refractivity contribution < 1.29 is 5.11 Å². The van der Waals surface area contributed by atoms with Gasteiger partial charge in [-0.15, -0.1) is 0 Å². The van der Waals surface area contributed by atoms with Gasteiger partial charge in [0.1, 0.15) is 5.82 Å². The molecule has 162 valence electrons. The lowest BCUT2D eigenvalue weighted by Crippen LogP contribution is -2.48. The first-order valence-corrected chi connectivity index (χ1v) is 11.6. The third kappa shape index (κ3) is 4.30. The Morgan fingerprint density at radius 2 is 2.06 bits per heavy atom. The smallest absolute Gasteiger partial charge is 0.107 e. The van der Waals surface area contributed by atoms with Crippen LogP contribution in [0.4, 0.5) is 0 Å². The molecule has 5 nitrogen and oxygen atoms in total. The highest BCUT2D eigenvalue weighted by Gasteiger charge is 2.46. The van der Waals surface area contributed by atoms with Crippen LogP contribution in [-0.2, 0) is 6.42 Å². The van der Waals surface area contributed by atoms with Crippen molar-refractivity contribution >= 4 is 16.6 Å². The van der Waals surface area contributed by atoms with E-state index in [1.165, 1.54) is 17.6 Å². The summed E-state index contributed by atoms with van der Waals surface area (Å²) in [6.45, 7) is 1.94. The highest BCUT2D eigenvalue weighted by Crippen LogP contribution is 2.50. The summed E-state index contributed by atoms with van der Waals surface area (Å²) in [5.41, 5.74) is 4.20. The second kappa shape index (κ2) is 8.56. The van der Waals surface area contributed by atoms with Crippen LogP contribution in [0.3, 0.4) is 0 Å². The number of aryl methyl sites for hydroxylation is 1. The molecular weight excluding hydrogens is 384 g/mol. The number of fused-ring (bicyclic) bond motifs is 3. The summed E-state index contributed by atoms with van der Waals surface area (Å²) in [5, 5.41) is 11.5. The number of hydrogen-bond donors (Lipinski definition) is 2. The largest absolute Gasteiger partial charge is 0.389 e. The van der Waals surface area contributed by atoms with E-state index in [-0.39, 0.29) is 5.92 Å². The Bertz CT molecular complexity index is 1030. The van der Waals surface area contributed by atoms with E-state index in [9.17, 15) is 5.11 Å². The first kappa shape index (κ1) is 20.4. The maximum Gasteiger partial charge on any atom is 0.107 e. The van der Waals surface area contributed by atoms with Crippen molar-refractivity contribution in [2.45, 2.75) is 44.1 Å². The number of aromatic nitrogens is 3. The molecule has 2 heterocycles. The first-order chi connectivity index (χ1) is 15.1. The third-order valence-electron chi connectivity index (χ3n) is 7.25. The lowest BCUT2D eigenvalue weighted by molar-refractivity contribution is -0.0574. The number of aliphatic hydroxyl groups is 1. The molecule has 2 bridgehead atoms. The van der Waals surface area contributed by atoms with Gasteiger partial charge in [-0.05, 0) is 81.0 Å².